The number of methoxy groups -OCH3 is 1. The maximum atomic E-state index is 10.7. The number of amides is 1. The van der Waals surface area contributed by atoms with Gasteiger partial charge in [-0.15, -0.1) is 0 Å². The molecule has 5 heteroatoms. The van der Waals surface area contributed by atoms with E-state index < -0.39 is 6.09 Å². The fraction of sp³-hybridized carbons (Fsp3) is 0.429. The zero-order valence-corrected chi connectivity index (χ0v) is 7.29. The third kappa shape index (κ3) is 1.75. The smallest absolute Gasteiger partial charge is 0.412 e. The van der Waals surface area contributed by atoms with Crippen molar-refractivity contribution in [2.45, 2.75) is 6.92 Å². The van der Waals surface area contributed by atoms with Crippen molar-refractivity contribution in [2.24, 2.45) is 7.05 Å². The molecule has 0 aliphatic rings. The molecule has 1 aromatic rings. The Morgan fingerprint density at radius 3 is 2.83 bits per heavy atom. The van der Waals surface area contributed by atoms with E-state index in [1.54, 1.807) is 17.8 Å². The Morgan fingerprint density at radius 2 is 2.42 bits per heavy atom. The number of ether oxygens (including phenoxy) is 1. The van der Waals surface area contributed by atoms with E-state index in [1.807, 2.05) is 6.92 Å². The van der Waals surface area contributed by atoms with Gasteiger partial charge in [0, 0.05) is 18.8 Å². The SMILES string of the molecule is COC(=O)Nc1cc(C)n(C)n1. The number of nitrogens with one attached hydrogen (secondary N) is 1. The van der Waals surface area contributed by atoms with E-state index in [0.29, 0.717) is 5.82 Å². The molecule has 0 unspecified atom stereocenters. The number of hydrogen-bond acceptors (Lipinski definition) is 3. The molecule has 1 aromatic heterocycles. The van der Waals surface area contributed by atoms with E-state index in [9.17, 15) is 4.79 Å². The van der Waals surface area contributed by atoms with Gasteiger partial charge < -0.3 is 4.74 Å². The topological polar surface area (TPSA) is 56.1 Å². The van der Waals surface area contributed by atoms with E-state index in [2.05, 4.69) is 15.2 Å². The highest BCUT2D eigenvalue weighted by Gasteiger charge is 2.04. The number of nitrogens with zero attached hydrogens (tertiary/aromatic N) is 2. The van der Waals surface area contributed by atoms with E-state index in [-0.39, 0.29) is 0 Å². The van der Waals surface area contributed by atoms with E-state index in [0.717, 1.165) is 5.69 Å². The predicted octanol–water partition coefficient (Wildman–Crippen LogP) is 0.907. The lowest BCUT2D eigenvalue weighted by molar-refractivity contribution is 0.187. The molecule has 12 heavy (non-hydrogen) atoms. The van der Waals surface area contributed by atoms with Crippen LogP contribution in [0.15, 0.2) is 6.07 Å². The molecule has 0 aromatic carbocycles. The zero-order chi connectivity index (χ0) is 9.14. The quantitative estimate of drug-likeness (QED) is 0.679. The number of anilines is 1. The first-order valence-corrected chi connectivity index (χ1v) is 3.49. The van der Waals surface area contributed by atoms with Gasteiger partial charge in [0.25, 0.3) is 0 Å². The van der Waals surface area contributed by atoms with Crippen LogP contribution in [0.3, 0.4) is 0 Å². The number of aryl methyl sites for hydroxylation is 2. The summed E-state index contributed by atoms with van der Waals surface area (Å²) in [5.41, 5.74) is 0.974. The lowest BCUT2D eigenvalue weighted by Crippen LogP contribution is -2.11. The number of carbonyl (C=O) groups is 1. The summed E-state index contributed by atoms with van der Waals surface area (Å²) < 4.78 is 6.08. The van der Waals surface area contributed by atoms with Crippen LogP contribution in [0.1, 0.15) is 5.69 Å². The van der Waals surface area contributed by atoms with Crippen molar-refractivity contribution in [2.75, 3.05) is 12.4 Å². The van der Waals surface area contributed by atoms with E-state index in [1.165, 1.54) is 7.11 Å². The summed E-state index contributed by atoms with van der Waals surface area (Å²) in [7, 11) is 3.11. The van der Waals surface area contributed by atoms with Crippen molar-refractivity contribution in [1.82, 2.24) is 9.78 Å². The molecular formula is C7H11N3O2. The summed E-state index contributed by atoms with van der Waals surface area (Å²) >= 11 is 0. The standard InChI is InChI=1S/C7H11N3O2/c1-5-4-6(9-10(5)2)8-7(11)12-3/h4H,1-3H3,(H,8,9,11). The van der Waals surface area contributed by atoms with Gasteiger partial charge in [-0.2, -0.15) is 5.10 Å². The first kappa shape index (κ1) is 8.58. The number of rotatable bonds is 1. The first-order valence-electron chi connectivity index (χ1n) is 3.49. The fourth-order valence-electron chi connectivity index (χ4n) is 0.777. The Bertz CT molecular complexity index is 273. The molecule has 0 fully saturated rings. The molecule has 0 radical (unpaired) electrons. The van der Waals surface area contributed by atoms with Crippen LogP contribution in [0, 0.1) is 6.92 Å². The summed E-state index contributed by atoms with van der Waals surface area (Å²) in [6.07, 6.45) is -0.506. The second kappa shape index (κ2) is 3.25. The minimum absolute atomic E-state index is 0.502. The van der Waals surface area contributed by atoms with Crippen LogP contribution in [0.4, 0.5) is 10.6 Å². The first-order chi connectivity index (χ1) is 5.63. The second-order valence-electron chi connectivity index (χ2n) is 2.41. The summed E-state index contributed by atoms with van der Waals surface area (Å²) in [5.74, 6) is 0.502. The minimum Gasteiger partial charge on any atom is -0.453 e. The molecule has 0 spiro atoms. The Labute approximate surface area is 70.3 Å². The molecule has 1 N–H and O–H groups in total. The maximum Gasteiger partial charge on any atom is 0.412 e. The summed E-state index contributed by atoms with van der Waals surface area (Å²) in [5, 5.41) is 6.46. The van der Waals surface area contributed by atoms with Crippen LogP contribution in [0.25, 0.3) is 0 Å². The van der Waals surface area contributed by atoms with Crippen LogP contribution in [-0.4, -0.2) is 23.0 Å². The highest BCUT2D eigenvalue weighted by atomic mass is 16.5. The van der Waals surface area contributed by atoms with Gasteiger partial charge >= 0.3 is 6.09 Å². The van der Waals surface area contributed by atoms with Crippen molar-refractivity contribution in [3.05, 3.63) is 11.8 Å². The highest BCUT2D eigenvalue weighted by Crippen LogP contribution is 2.06. The van der Waals surface area contributed by atoms with Crippen molar-refractivity contribution in [3.63, 3.8) is 0 Å². The van der Waals surface area contributed by atoms with Crippen LogP contribution < -0.4 is 5.32 Å². The largest absolute Gasteiger partial charge is 0.453 e. The van der Waals surface area contributed by atoms with Gasteiger partial charge in [0.2, 0.25) is 0 Å². The lowest BCUT2D eigenvalue weighted by Gasteiger charge is -1.97. The molecule has 1 heterocycles. The molecule has 1 amide bonds. The zero-order valence-electron chi connectivity index (χ0n) is 7.29. The van der Waals surface area contributed by atoms with Crippen molar-refractivity contribution in [1.29, 1.82) is 0 Å². The Morgan fingerprint density at radius 1 is 1.75 bits per heavy atom. The Kier molecular flexibility index (Phi) is 2.32. The molecule has 1 rings (SSSR count). The summed E-state index contributed by atoms with van der Waals surface area (Å²) in [6.45, 7) is 1.90. The normalized spacial score (nSPS) is 9.58. The molecule has 0 aliphatic heterocycles. The van der Waals surface area contributed by atoms with Gasteiger partial charge in [0.1, 0.15) is 0 Å². The van der Waals surface area contributed by atoms with Crippen molar-refractivity contribution < 1.29 is 9.53 Å². The van der Waals surface area contributed by atoms with Crippen LogP contribution >= 0.6 is 0 Å². The summed E-state index contributed by atoms with van der Waals surface area (Å²) in [4.78, 5) is 10.7. The molecule has 0 saturated heterocycles. The Balaban J connectivity index is 2.70. The lowest BCUT2D eigenvalue weighted by atomic mass is 10.5. The van der Waals surface area contributed by atoms with E-state index in [4.69, 9.17) is 0 Å². The van der Waals surface area contributed by atoms with Gasteiger partial charge in [-0.05, 0) is 6.92 Å². The fourth-order valence-corrected chi connectivity index (χ4v) is 0.777. The van der Waals surface area contributed by atoms with Gasteiger partial charge in [0.15, 0.2) is 5.82 Å². The third-order valence-electron chi connectivity index (χ3n) is 1.53. The molecule has 66 valence electrons. The maximum absolute atomic E-state index is 10.7. The van der Waals surface area contributed by atoms with Crippen LogP contribution in [0.2, 0.25) is 0 Å². The minimum atomic E-state index is -0.506. The highest BCUT2D eigenvalue weighted by molar-refractivity contribution is 5.83. The van der Waals surface area contributed by atoms with Crippen LogP contribution in [0.5, 0.6) is 0 Å². The average molecular weight is 169 g/mol. The number of aromatic nitrogens is 2. The monoisotopic (exact) mass is 169 g/mol. The van der Waals surface area contributed by atoms with Gasteiger partial charge in [-0.3, -0.25) is 10.00 Å². The average Bonchev–Trinajstić information content (AvgIpc) is 2.31. The number of hydrogen-bond donors (Lipinski definition) is 1. The van der Waals surface area contributed by atoms with Crippen LogP contribution in [-0.2, 0) is 11.8 Å². The van der Waals surface area contributed by atoms with Crippen molar-refractivity contribution >= 4 is 11.9 Å². The predicted molar refractivity (Wildman–Crippen MR) is 44.0 cm³/mol. The third-order valence-corrected chi connectivity index (χ3v) is 1.53. The number of carbonyl (C=O) groups excluding carboxylic acids is 1. The molecule has 0 saturated carbocycles. The van der Waals surface area contributed by atoms with Gasteiger partial charge in [-0.25, -0.2) is 4.79 Å². The molecule has 0 aliphatic carbocycles. The summed E-state index contributed by atoms with van der Waals surface area (Å²) in [6, 6.07) is 1.76. The Hall–Kier alpha value is -1.52. The van der Waals surface area contributed by atoms with Gasteiger partial charge in [-0.1, -0.05) is 0 Å². The van der Waals surface area contributed by atoms with E-state index >= 15 is 0 Å². The van der Waals surface area contributed by atoms with Crippen molar-refractivity contribution in [3.8, 4) is 0 Å². The van der Waals surface area contributed by atoms with Gasteiger partial charge in [0.05, 0.1) is 7.11 Å². The molecule has 0 bridgehead atoms. The molecular weight excluding hydrogens is 158 g/mol. The molecule has 5 nitrogen and oxygen atoms in total. The second-order valence-corrected chi connectivity index (χ2v) is 2.41. The molecule has 0 atom stereocenters.